The number of nitrogens with one attached hydrogen (secondary N) is 1. The molecule has 0 unspecified atom stereocenters. The molecule has 0 aliphatic heterocycles. The van der Waals surface area contributed by atoms with Gasteiger partial charge in [0.25, 0.3) is 0 Å². The van der Waals surface area contributed by atoms with Gasteiger partial charge in [-0.1, -0.05) is 53.6 Å². The summed E-state index contributed by atoms with van der Waals surface area (Å²) in [5, 5.41) is 4.58. The molecule has 1 N–H and O–H groups in total. The molecule has 1 fully saturated rings. The van der Waals surface area contributed by atoms with E-state index in [0.29, 0.717) is 18.0 Å². The minimum atomic E-state index is 0.413. The van der Waals surface area contributed by atoms with E-state index >= 15 is 0 Å². The minimum Gasteiger partial charge on any atom is -0.307 e. The summed E-state index contributed by atoms with van der Waals surface area (Å²) in [5.41, 5.74) is 4.06. The second-order valence-electron chi connectivity index (χ2n) is 6.22. The van der Waals surface area contributed by atoms with E-state index in [1.54, 1.807) is 0 Å². The van der Waals surface area contributed by atoms with Crippen LogP contribution in [0.25, 0.3) is 0 Å². The molecular weight excluding hydrogens is 278 g/mol. The average molecular weight is 300 g/mol. The summed E-state index contributed by atoms with van der Waals surface area (Å²) in [4.78, 5) is 0. The van der Waals surface area contributed by atoms with Crippen LogP contribution in [-0.2, 0) is 0 Å². The Balaban J connectivity index is 1.54. The van der Waals surface area contributed by atoms with E-state index in [0.717, 1.165) is 5.02 Å². The van der Waals surface area contributed by atoms with Crippen LogP contribution in [0.1, 0.15) is 48.4 Å². The van der Waals surface area contributed by atoms with E-state index in [4.69, 9.17) is 11.6 Å². The summed E-state index contributed by atoms with van der Waals surface area (Å²) in [7, 11) is 0. The van der Waals surface area contributed by atoms with E-state index in [9.17, 15) is 0 Å². The maximum absolute atomic E-state index is 6.07. The zero-order valence-corrected chi connectivity index (χ0v) is 13.4. The minimum absolute atomic E-state index is 0.413. The Morgan fingerprint density at radius 1 is 1.10 bits per heavy atom. The second-order valence-corrected chi connectivity index (χ2v) is 6.66. The lowest BCUT2D eigenvalue weighted by molar-refractivity contribution is 0.271. The lowest BCUT2D eigenvalue weighted by Gasteiger charge is -2.38. The summed E-state index contributed by atoms with van der Waals surface area (Å²) >= 11 is 6.07. The summed E-state index contributed by atoms with van der Waals surface area (Å²) in [6.07, 6.45) is 2.41. The zero-order valence-electron chi connectivity index (χ0n) is 12.6. The van der Waals surface area contributed by atoms with Crippen molar-refractivity contribution in [1.29, 1.82) is 0 Å². The maximum atomic E-state index is 6.07. The number of hydrogen-bond donors (Lipinski definition) is 1. The molecule has 3 rings (SSSR count). The van der Waals surface area contributed by atoms with Gasteiger partial charge in [0.05, 0.1) is 0 Å². The van der Waals surface area contributed by atoms with Gasteiger partial charge in [0, 0.05) is 17.1 Å². The van der Waals surface area contributed by atoms with Crippen molar-refractivity contribution in [2.45, 2.75) is 44.7 Å². The molecule has 0 spiro atoms. The smallest absolute Gasteiger partial charge is 0.0408 e. The van der Waals surface area contributed by atoms with Gasteiger partial charge in [0.15, 0.2) is 0 Å². The van der Waals surface area contributed by atoms with Gasteiger partial charge in [-0.2, -0.15) is 0 Å². The van der Waals surface area contributed by atoms with Gasteiger partial charge >= 0.3 is 0 Å². The van der Waals surface area contributed by atoms with Crippen LogP contribution < -0.4 is 5.32 Å². The molecule has 0 heterocycles. The molecule has 2 aromatic rings. The van der Waals surface area contributed by atoms with Gasteiger partial charge in [-0.05, 0) is 55.9 Å². The van der Waals surface area contributed by atoms with E-state index in [1.807, 2.05) is 12.1 Å². The van der Waals surface area contributed by atoms with Crippen molar-refractivity contribution in [2.24, 2.45) is 0 Å². The monoisotopic (exact) mass is 299 g/mol. The molecular formula is C19H22ClN. The normalized spacial score (nSPS) is 22.6. The summed E-state index contributed by atoms with van der Waals surface area (Å²) < 4.78 is 0. The SMILES string of the molecule is Cc1ccc([C@H](C)NC2CC(c3cccc(Cl)c3)C2)cc1. The van der Waals surface area contributed by atoms with Crippen LogP contribution in [0.4, 0.5) is 0 Å². The van der Waals surface area contributed by atoms with Gasteiger partial charge in [-0.15, -0.1) is 0 Å². The first-order valence-electron chi connectivity index (χ1n) is 7.70. The van der Waals surface area contributed by atoms with Gasteiger partial charge in [-0.25, -0.2) is 0 Å². The first-order chi connectivity index (χ1) is 10.1. The van der Waals surface area contributed by atoms with Crippen LogP contribution in [0.15, 0.2) is 48.5 Å². The summed E-state index contributed by atoms with van der Waals surface area (Å²) in [5.74, 6) is 0.659. The third kappa shape index (κ3) is 3.48. The predicted octanol–water partition coefficient (Wildman–Crippen LogP) is 5.25. The molecule has 0 radical (unpaired) electrons. The van der Waals surface area contributed by atoms with Crippen LogP contribution in [0, 0.1) is 6.92 Å². The number of hydrogen-bond acceptors (Lipinski definition) is 1. The number of benzene rings is 2. The van der Waals surface area contributed by atoms with Crippen molar-refractivity contribution >= 4 is 11.6 Å². The fraction of sp³-hybridized carbons (Fsp3) is 0.368. The molecule has 1 atom stereocenters. The van der Waals surface area contributed by atoms with Crippen molar-refractivity contribution in [3.63, 3.8) is 0 Å². The Kier molecular flexibility index (Phi) is 4.32. The molecule has 0 aromatic heterocycles. The van der Waals surface area contributed by atoms with Crippen molar-refractivity contribution in [3.05, 3.63) is 70.2 Å². The van der Waals surface area contributed by atoms with E-state index in [1.165, 1.54) is 29.5 Å². The van der Waals surface area contributed by atoms with Gasteiger partial charge in [0.2, 0.25) is 0 Å². The molecule has 0 bridgehead atoms. The average Bonchev–Trinajstić information content (AvgIpc) is 2.43. The number of aryl methyl sites for hydroxylation is 1. The first kappa shape index (κ1) is 14.6. The van der Waals surface area contributed by atoms with Crippen molar-refractivity contribution < 1.29 is 0 Å². The van der Waals surface area contributed by atoms with Crippen LogP contribution in [-0.4, -0.2) is 6.04 Å². The fourth-order valence-corrected chi connectivity index (χ4v) is 3.29. The van der Waals surface area contributed by atoms with E-state index in [-0.39, 0.29) is 0 Å². The molecule has 21 heavy (non-hydrogen) atoms. The third-order valence-electron chi connectivity index (χ3n) is 4.52. The molecule has 1 nitrogen and oxygen atoms in total. The highest BCUT2D eigenvalue weighted by molar-refractivity contribution is 6.30. The summed E-state index contributed by atoms with van der Waals surface area (Å²) in [6.45, 7) is 4.38. The van der Waals surface area contributed by atoms with Crippen molar-refractivity contribution in [1.82, 2.24) is 5.32 Å². The first-order valence-corrected chi connectivity index (χ1v) is 8.07. The van der Waals surface area contributed by atoms with Gasteiger partial charge in [0.1, 0.15) is 0 Å². The molecule has 110 valence electrons. The highest BCUT2D eigenvalue weighted by atomic mass is 35.5. The van der Waals surface area contributed by atoms with Crippen LogP contribution >= 0.6 is 11.6 Å². The Labute approximate surface area is 132 Å². The molecule has 1 aliphatic rings. The molecule has 2 aromatic carbocycles. The summed E-state index contributed by atoms with van der Waals surface area (Å²) in [6, 6.07) is 18.1. The van der Waals surface area contributed by atoms with Crippen LogP contribution in [0.3, 0.4) is 0 Å². The van der Waals surface area contributed by atoms with Crippen LogP contribution in [0.2, 0.25) is 5.02 Å². The Morgan fingerprint density at radius 3 is 2.48 bits per heavy atom. The zero-order chi connectivity index (χ0) is 14.8. The Bertz CT molecular complexity index is 599. The van der Waals surface area contributed by atoms with Gasteiger partial charge in [-0.3, -0.25) is 0 Å². The molecule has 0 saturated heterocycles. The van der Waals surface area contributed by atoms with E-state index < -0.39 is 0 Å². The van der Waals surface area contributed by atoms with Crippen molar-refractivity contribution in [3.8, 4) is 0 Å². The molecule has 1 aliphatic carbocycles. The number of rotatable bonds is 4. The highest BCUT2D eigenvalue weighted by Crippen LogP contribution is 2.38. The standard InChI is InChI=1S/C19H22ClN/c1-13-6-8-15(9-7-13)14(2)21-19-11-17(12-19)16-4-3-5-18(20)10-16/h3-10,14,17,19,21H,11-12H2,1-2H3/t14-,17?,19?/m0/s1. The largest absolute Gasteiger partial charge is 0.307 e. The molecule has 0 amide bonds. The molecule has 1 saturated carbocycles. The second kappa shape index (κ2) is 6.21. The maximum Gasteiger partial charge on any atom is 0.0408 e. The third-order valence-corrected chi connectivity index (χ3v) is 4.76. The topological polar surface area (TPSA) is 12.0 Å². The lowest BCUT2D eigenvalue weighted by atomic mass is 9.75. The Morgan fingerprint density at radius 2 is 1.81 bits per heavy atom. The van der Waals surface area contributed by atoms with Crippen LogP contribution in [0.5, 0.6) is 0 Å². The van der Waals surface area contributed by atoms with Gasteiger partial charge < -0.3 is 5.32 Å². The molecule has 2 heteroatoms. The van der Waals surface area contributed by atoms with E-state index in [2.05, 4.69) is 55.6 Å². The predicted molar refractivity (Wildman–Crippen MR) is 89.9 cm³/mol. The lowest BCUT2D eigenvalue weighted by Crippen LogP contribution is -2.41. The highest BCUT2D eigenvalue weighted by Gasteiger charge is 2.31. The quantitative estimate of drug-likeness (QED) is 0.813. The number of halogens is 1. The Hall–Kier alpha value is -1.31. The van der Waals surface area contributed by atoms with Crippen molar-refractivity contribution in [2.75, 3.05) is 0 Å². The fourth-order valence-electron chi connectivity index (χ4n) is 3.09.